The van der Waals surface area contributed by atoms with Crippen LogP contribution in [-0.4, -0.2) is 70.0 Å². The van der Waals surface area contributed by atoms with Crippen molar-refractivity contribution in [3.63, 3.8) is 0 Å². The monoisotopic (exact) mass is 697 g/mol. The first-order chi connectivity index (χ1) is 23.2. The molecule has 260 valence electrons. The zero-order valence-electron chi connectivity index (χ0n) is 29.7. The van der Waals surface area contributed by atoms with Gasteiger partial charge < -0.3 is 29.1 Å². The van der Waals surface area contributed by atoms with Crippen molar-refractivity contribution in [3.8, 4) is 0 Å². The number of hydrogen-bond acceptors (Lipinski definition) is 6. The van der Waals surface area contributed by atoms with Crippen LogP contribution in [0.25, 0.3) is 0 Å². The smallest absolute Gasteiger partial charge is 0.261 e. The number of aliphatic hydroxyl groups is 2. The van der Waals surface area contributed by atoms with E-state index in [4.69, 9.17) is 13.6 Å². The molecule has 0 aliphatic carbocycles. The average molecular weight is 698 g/mol. The third-order valence-electron chi connectivity index (χ3n) is 9.67. The van der Waals surface area contributed by atoms with E-state index in [1.807, 2.05) is 72.8 Å². The highest BCUT2D eigenvalue weighted by Gasteiger charge is 2.57. The summed E-state index contributed by atoms with van der Waals surface area (Å²) in [5.41, 5.74) is 0. The van der Waals surface area contributed by atoms with Crippen molar-refractivity contribution >= 4 is 43.3 Å². The number of benzene rings is 4. The molecule has 5 atom stereocenters. The van der Waals surface area contributed by atoms with Gasteiger partial charge in [-0.05, 0) is 30.8 Å². The van der Waals surface area contributed by atoms with Crippen LogP contribution in [-0.2, 0) is 18.4 Å². The van der Waals surface area contributed by atoms with Gasteiger partial charge in [0.15, 0.2) is 6.29 Å². The Morgan fingerprint density at radius 2 is 1.04 bits per heavy atom. The van der Waals surface area contributed by atoms with E-state index in [0.717, 1.165) is 20.7 Å². The molecule has 0 spiro atoms. The fraction of sp³-hybridized carbons (Fsp3) is 0.375. The van der Waals surface area contributed by atoms with Crippen LogP contribution < -0.4 is 26.1 Å². The second-order valence-corrected chi connectivity index (χ2v) is 23.6. The molecule has 4 aromatic rings. The van der Waals surface area contributed by atoms with E-state index in [0.29, 0.717) is 0 Å². The average Bonchev–Trinajstić information content (AvgIpc) is 3.07. The third kappa shape index (κ3) is 7.25. The van der Waals surface area contributed by atoms with Gasteiger partial charge in [-0.2, -0.15) is 0 Å². The minimum atomic E-state index is -3.24. The van der Waals surface area contributed by atoms with E-state index in [2.05, 4.69) is 95.4 Å². The molecule has 7 nitrogen and oxygen atoms in total. The predicted octanol–water partition coefficient (Wildman–Crippen LogP) is 4.09. The Morgan fingerprint density at radius 1 is 0.673 bits per heavy atom. The van der Waals surface area contributed by atoms with Gasteiger partial charge >= 0.3 is 0 Å². The summed E-state index contributed by atoms with van der Waals surface area (Å²) in [5.74, 6) is -0.363. The molecule has 4 aromatic carbocycles. The molecule has 0 aromatic heterocycles. The molecular formula is C40H51NO6Si2. The van der Waals surface area contributed by atoms with Crippen molar-refractivity contribution in [2.75, 3.05) is 6.61 Å². The maximum Gasteiger partial charge on any atom is 0.261 e. The van der Waals surface area contributed by atoms with E-state index in [9.17, 15) is 15.0 Å². The number of amides is 1. The van der Waals surface area contributed by atoms with Gasteiger partial charge in [0.25, 0.3) is 16.6 Å². The van der Waals surface area contributed by atoms with E-state index in [1.54, 1.807) is 0 Å². The standard InChI is InChI=1S/C40H51NO6Si2/c1-29(42)41-35-37(47-49(40(5,6)7,32-24-16-10-17-25-32)33-26-18-11-19-27-33)36(43)34(46-38(35)44)28-45-48(39(2,3)4,30-20-12-8-13-21-30)31-22-14-9-15-23-31/h8-27,34-38,43-44H,28H2,1-7H3,(H,41,42)/t34-,35-,36-,37-,38-/m1/s1. The number of nitrogens with one attached hydrogen (secondary N) is 1. The summed E-state index contributed by atoms with van der Waals surface area (Å²) >= 11 is 0. The van der Waals surface area contributed by atoms with Crippen molar-refractivity contribution in [2.24, 2.45) is 0 Å². The first kappa shape index (κ1) is 36.9. The molecule has 1 heterocycles. The SMILES string of the molecule is CC(=O)N[C@@H]1[C@@H](O[Si](c2ccccc2)(c2ccccc2)C(C)(C)C)[C@H](O)[C@@H](CO[Si](c2ccccc2)(c2ccccc2)C(C)(C)C)O[C@H]1O. The van der Waals surface area contributed by atoms with Crippen LogP contribution in [0.3, 0.4) is 0 Å². The first-order valence-corrected chi connectivity index (χ1v) is 20.9. The van der Waals surface area contributed by atoms with Crippen LogP contribution in [0.2, 0.25) is 10.1 Å². The molecule has 3 N–H and O–H groups in total. The fourth-order valence-electron chi connectivity index (χ4n) is 7.46. The summed E-state index contributed by atoms with van der Waals surface area (Å²) in [6.07, 6.45) is -4.68. The van der Waals surface area contributed by atoms with Gasteiger partial charge in [0, 0.05) is 6.92 Å². The summed E-state index contributed by atoms with van der Waals surface area (Å²) < 4.78 is 20.7. The van der Waals surface area contributed by atoms with Gasteiger partial charge in [-0.15, -0.1) is 0 Å². The maximum atomic E-state index is 12.6. The Morgan fingerprint density at radius 3 is 1.39 bits per heavy atom. The second kappa shape index (κ2) is 14.8. The number of aliphatic hydroxyl groups excluding tert-OH is 2. The van der Waals surface area contributed by atoms with E-state index in [1.165, 1.54) is 6.92 Å². The van der Waals surface area contributed by atoms with Gasteiger partial charge in [-0.1, -0.05) is 163 Å². The van der Waals surface area contributed by atoms with Gasteiger partial charge in [0.2, 0.25) is 5.91 Å². The summed E-state index contributed by atoms with van der Waals surface area (Å²) in [6.45, 7) is 14.4. The summed E-state index contributed by atoms with van der Waals surface area (Å²) in [4.78, 5) is 12.6. The number of hydrogen-bond donors (Lipinski definition) is 3. The van der Waals surface area contributed by atoms with Crippen LogP contribution in [0, 0.1) is 0 Å². The summed E-state index contributed by atoms with van der Waals surface area (Å²) in [7, 11) is -6.24. The number of carbonyl (C=O) groups is 1. The fourth-order valence-corrected chi connectivity index (χ4v) is 16.7. The topological polar surface area (TPSA) is 97.3 Å². The van der Waals surface area contributed by atoms with Crippen molar-refractivity contribution in [1.82, 2.24) is 5.32 Å². The summed E-state index contributed by atoms with van der Waals surface area (Å²) in [5, 5.41) is 30.3. The predicted molar refractivity (Wildman–Crippen MR) is 201 cm³/mol. The molecular weight excluding hydrogens is 647 g/mol. The van der Waals surface area contributed by atoms with Gasteiger partial charge in [0.1, 0.15) is 18.2 Å². The molecule has 1 aliphatic heterocycles. The van der Waals surface area contributed by atoms with Crippen molar-refractivity contribution in [1.29, 1.82) is 0 Å². The Bertz CT molecular complexity index is 1570. The molecule has 0 unspecified atom stereocenters. The maximum absolute atomic E-state index is 12.6. The van der Waals surface area contributed by atoms with E-state index >= 15 is 0 Å². The van der Waals surface area contributed by atoms with Gasteiger partial charge in [-0.3, -0.25) is 4.79 Å². The number of carbonyl (C=O) groups excluding carboxylic acids is 1. The molecule has 49 heavy (non-hydrogen) atoms. The third-order valence-corrected chi connectivity index (χ3v) is 19.7. The largest absolute Gasteiger partial charge is 0.405 e. The lowest BCUT2D eigenvalue weighted by Gasteiger charge is -2.51. The van der Waals surface area contributed by atoms with Crippen LogP contribution >= 0.6 is 0 Å². The zero-order chi connectivity index (χ0) is 35.5. The highest BCUT2D eigenvalue weighted by molar-refractivity contribution is 7.00. The van der Waals surface area contributed by atoms with Crippen LogP contribution in [0.1, 0.15) is 48.5 Å². The minimum absolute atomic E-state index is 0.00109. The quantitative estimate of drug-likeness (QED) is 0.216. The van der Waals surface area contributed by atoms with Crippen molar-refractivity contribution < 1.29 is 28.6 Å². The molecule has 9 heteroatoms. The Kier molecular flexibility index (Phi) is 11.1. The molecule has 5 rings (SSSR count). The molecule has 0 bridgehead atoms. The lowest BCUT2D eigenvalue weighted by Crippen LogP contribution is -2.74. The normalized spacial score (nSPS) is 22.0. The zero-order valence-corrected chi connectivity index (χ0v) is 31.7. The van der Waals surface area contributed by atoms with Crippen molar-refractivity contribution in [3.05, 3.63) is 121 Å². The molecule has 1 fully saturated rings. The number of ether oxygens (including phenoxy) is 1. The Labute approximate surface area is 293 Å². The first-order valence-electron chi connectivity index (χ1n) is 17.0. The Balaban J connectivity index is 1.60. The van der Waals surface area contributed by atoms with Crippen molar-refractivity contribution in [2.45, 2.75) is 89.2 Å². The summed E-state index contributed by atoms with van der Waals surface area (Å²) in [6, 6.07) is 39.7. The van der Waals surface area contributed by atoms with Crippen LogP contribution in [0.15, 0.2) is 121 Å². The highest BCUT2D eigenvalue weighted by atomic mass is 28.4. The lowest BCUT2D eigenvalue weighted by molar-refractivity contribution is -0.249. The molecule has 0 radical (unpaired) electrons. The van der Waals surface area contributed by atoms with E-state index < -0.39 is 52.3 Å². The second-order valence-electron chi connectivity index (χ2n) is 15.0. The van der Waals surface area contributed by atoms with Crippen LogP contribution in [0.5, 0.6) is 0 Å². The number of rotatable bonds is 10. The van der Waals surface area contributed by atoms with E-state index in [-0.39, 0.29) is 17.6 Å². The Hall–Kier alpha value is -3.42. The highest BCUT2D eigenvalue weighted by Crippen LogP contribution is 2.41. The lowest BCUT2D eigenvalue weighted by atomic mass is 9.97. The molecule has 0 saturated carbocycles. The minimum Gasteiger partial charge on any atom is -0.405 e. The molecule has 1 amide bonds. The van der Waals surface area contributed by atoms with Crippen LogP contribution in [0.4, 0.5) is 0 Å². The molecule has 1 saturated heterocycles. The van der Waals surface area contributed by atoms with Gasteiger partial charge in [-0.25, -0.2) is 0 Å². The van der Waals surface area contributed by atoms with Gasteiger partial charge in [0.05, 0.1) is 12.7 Å². The molecule has 1 aliphatic rings.